The normalized spacial score (nSPS) is 11.9. The Morgan fingerprint density at radius 2 is 1.87 bits per heavy atom. The number of unbranched alkanes of at least 4 members (excludes halogenated alkanes) is 1. The quantitative estimate of drug-likeness (QED) is 0.648. The van der Waals surface area contributed by atoms with Crippen molar-refractivity contribution in [3.05, 3.63) is 0 Å². The average Bonchev–Trinajstić information content (AvgIpc) is 2.25. The van der Waals surface area contributed by atoms with Gasteiger partial charge in [0.2, 0.25) is 0 Å². The molecular weight excluding hydrogens is 188 g/mol. The molecule has 0 fully saturated rings. The Labute approximate surface area is 97.8 Å². The van der Waals surface area contributed by atoms with E-state index in [2.05, 4.69) is 5.32 Å². The van der Waals surface area contributed by atoms with Crippen LogP contribution in [-0.2, 0) is 4.79 Å². The largest absolute Gasteiger partial charge is 0.321 e. The zero-order chi connectivity index (χ0) is 12.3. The van der Waals surface area contributed by atoms with Crippen LogP contribution in [0.1, 0.15) is 49.8 Å². The van der Waals surface area contributed by atoms with Crippen molar-refractivity contribution in [2.45, 2.75) is 53.0 Å². The molecule has 96 valence electrons. The fourth-order valence-electron chi connectivity index (χ4n) is 1.24. The highest BCUT2D eigenvalue weighted by atomic mass is 16.1. The van der Waals surface area contributed by atoms with Gasteiger partial charge in [0.05, 0.1) is 6.04 Å². The summed E-state index contributed by atoms with van der Waals surface area (Å²) in [5, 5.41) is 3.07. The molecule has 0 bridgehead atoms. The number of hydrogen-bond acceptors (Lipinski definition) is 3. The molecule has 15 heavy (non-hydrogen) atoms. The van der Waals surface area contributed by atoms with Crippen molar-refractivity contribution in [2.75, 3.05) is 13.6 Å². The summed E-state index contributed by atoms with van der Waals surface area (Å²) >= 11 is 0. The van der Waals surface area contributed by atoms with Crippen LogP contribution >= 0.6 is 0 Å². The molecule has 3 nitrogen and oxygen atoms in total. The number of carbonyl (C=O) groups excluding carboxylic acids is 1. The summed E-state index contributed by atoms with van der Waals surface area (Å²) in [4.78, 5) is 11.4. The van der Waals surface area contributed by atoms with E-state index in [1.807, 2.05) is 34.7 Å². The van der Waals surface area contributed by atoms with Crippen molar-refractivity contribution >= 4 is 5.78 Å². The molecule has 3 heteroatoms. The first kappa shape index (κ1) is 17.0. The Hall–Kier alpha value is -0.410. The predicted molar refractivity (Wildman–Crippen MR) is 71.2 cm³/mol. The van der Waals surface area contributed by atoms with E-state index in [-0.39, 0.29) is 20.6 Å². The molecule has 0 amide bonds. The number of rotatable bonds is 7. The SMILES string of the molecule is CC.CNCCCCC(N)C(=O)C(C)C.[HH].[HH]. The molecule has 0 radical (unpaired) electrons. The third-order valence-electron chi connectivity index (χ3n) is 2.13. The molecule has 0 aromatic heterocycles. The van der Waals surface area contributed by atoms with Gasteiger partial charge < -0.3 is 11.1 Å². The fraction of sp³-hybridized carbons (Fsp3) is 0.917. The molecule has 0 heterocycles. The summed E-state index contributed by atoms with van der Waals surface area (Å²) in [7, 11) is 1.93. The van der Waals surface area contributed by atoms with Crippen molar-refractivity contribution in [3.8, 4) is 0 Å². The number of nitrogens with two attached hydrogens (primary N) is 1. The van der Waals surface area contributed by atoms with Gasteiger partial charge in [0.15, 0.2) is 5.78 Å². The first-order chi connectivity index (χ1) is 7.09. The van der Waals surface area contributed by atoms with Crippen LogP contribution in [0.3, 0.4) is 0 Å². The lowest BCUT2D eigenvalue weighted by molar-refractivity contribution is -0.123. The number of hydrogen-bond donors (Lipinski definition) is 2. The summed E-state index contributed by atoms with van der Waals surface area (Å²) < 4.78 is 0. The molecular formula is C12H32N2O. The lowest BCUT2D eigenvalue weighted by atomic mass is 9.98. The lowest BCUT2D eigenvalue weighted by Crippen LogP contribution is -2.33. The Kier molecular flexibility index (Phi) is 13.2. The number of Topliss-reactive ketones (excluding diaryl/α,β-unsaturated/α-hetero) is 1. The van der Waals surface area contributed by atoms with Gasteiger partial charge in [-0.15, -0.1) is 0 Å². The van der Waals surface area contributed by atoms with Gasteiger partial charge in [-0.05, 0) is 26.4 Å². The van der Waals surface area contributed by atoms with Gasteiger partial charge in [-0.1, -0.05) is 34.1 Å². The van der Waals surface area contributed by atoms with Crippen LogP contribution in [0.2, 0.25) is 0 Å². The van der Waals surface area contributed by atoms with Crippen LogP contribution in [0.25, 0.3) is 0 Å². The minimum atomic E-state index is -0.253. The van der Waals surface area contributed by atoms with Gasteiger partial charge in [-0.3, -0.25) is 4.79 Å². The average molecular weight is 220 g/mol. The molecule has 0 aliphatic heterocycles. The Morgan fingerprint density at radius 3 is 2.27 bits per heavy atom. The van der Waals surface area contributed by atoms with Gasteiger partial charge >= 0.3 is 0 Å². The van der Waals surface area contributed by atoms with E-state index >= 15 is 0 Å². The van der Waals surface area contributed by atoms with Crippen molar-refractivity contribution in [3.63, 3.8) is 0 Å². The van der Waals surface area contributed by atoms with E-state index in [0.29, 0.717) is 0 Å². The monoisotopic (exact) mass is 220 g/mol. The maximum absolute atomic E-state index is 11.4. The zero-order valence-electron chi connectivity index (χ0n) is 11.0. The maximum Gasteiger partial charge on any atom is 0.152 e. The van der Waals surface area contributed by atoms with E-state index in [0.717, 1.165) is 25.8 Å². The van der Waals surface area contributed by atoms with Gasteiger partial charge in [0, 0.05) is 8.77 Å². The Morgan fingerprint density at radius 1 is 1.33 bits per heavy atom. The second-order valence-electron chi connectivity index (χ2n) is 3.76. The first-order valence-electron chi connectivity index (χ1n) is 6.03. The van der Waals surface area contributed by atoms with Crippen LogP contribution in [-0.4, -0.2) is 25.4 Å². The highest BCUT2D eigenvalue weighted by Gasteiger charge is 2.15. The highest BCUT2D eigenvalue weighted by molar-refractivity contribution is 5.85. The highest BCUT2D eigenvalue weighted by Crippen LogP contribution is 2.04. The van der Waals surface area contributed by atoms with Crippen molar-refractivity contribution in [2.24, 2.45) is 11.7 Å². The molecule has 0 aromatic carbocycles. The number of carbonyl (C=O) groups is 1. The van der Waals surface area contributed by atoms with Gasteiger partial charge in [0.1, 0.15) is 0 Å². The molecule has 0 saturated heterocycles. The van der Waals surface area contributed by atoms with Crippen molar-refractivity contribution in [1.29, 1.82) is 0 Å². The minimum absolute atomic E-state index is 0. The third-order valence-corrected chi connectivity index (χ3v) is 2.13. The predicted octanol–water partition coefficient (Wildman–Crippen LogP) is 2.45. The summed E-state index contributed by atoms with van der Waals surface area (Å²) in [6, 6.07) is -0.253. The molecule has 0 aliphatic carbocycles. The standard InChI is InChI=1S/C10H22N2O.C2H6.2H2/c1-8(2)10(13)9(11)6-4-5-7-12-3;1-2;;/h8-9,12H,4-7,11H2,1-3H3;1-2H3;2*1H. The summed E-state index contributed by atoms with van der Waals surface area (Å²) in [5.41, 5.74) is 5.73. The third kappa shape index (κ3) is 9.88. The van der Waals surface area contributed by atoms with Crippen LogP contribution in [0, 0.1) is 5.92 Å². The molecule has 0 aromatic rings. The lowest BCUT2D eigenvalue weighted by Gasteiger charge is -2.12. The molecule has 0 rings (SSSR count). The van der Waals surface area contributed by atoms with Crippen LogP contribution in [0.5, 0.6) is 0 Å². The summed E-state index contributed by atoms with van der Waals surface area (Å²) in [6.07, 6.45) is 2.94. The van der Waals surface area contributed by atoms with Gasteiger partial charge in [0.25, 0.3) is 0 Å². The first-order valence-corrected chi connectivity index (χ1v) is 6.03. The summed E-state index contributed by atoms with van der Waals surface area (Å²) in [5.74, 6) is 0.253. The van der Waals surface area contributed by atoms with Gasteiger partial charge in [-0.2, -0.15) is 0 Å². The maximum atomic E-state index is 11.4. The molecule has 1 atom stereocenters. The van der Waals surface area contributed by atoms with Crippen molar-refractivity contribution < 1.29 is 7.65 Å². The van der Waals surface area contributed by atoms with Crippen LogP contribution in [0.4, 0.5) is 0 Å². The molecule has 0 aliphatic rings. The molecule has 3 N–H and O–H groups in total. The number of nitrogens with one attached hydrogen (secondary N) is 1. The van der Waals surface area contributed by atoms with E-state index in [4.69, 9.17) is 5.73 Å². The van der Waals surface area contributed by atoms with E-state index in [1.54, 1.807) is 0 Å². The fourth-order valence-corrected chi connectivity index (χ4v) is 1.24. The van der Waals surface area contributed by atoms with E-state index in [9.17, 15) is 4.79 Å². The smallest absolute Gasteiger partial charge is 0.152 e. The molecule has 0 spiro atoms. The van der Waals surface area contributed by atoms with Crippen LogP contribution in [0.15, 0.2) is 0 Å². The Balaban J connectivity index is -0.000000199. The minimum Gasteiger partial charge on any atom is -0.321 e. The zero-order valence-corrected chi connectivity index (χ0v) is 11.0. The van der Waals surface area contributed by atoms with Crippen molar-refractivity contribution in [1.82, 2.24) is 5.32 Å². The topological polar surface area (TPSA) is 55.1 Å². The molecule has 1 unspecified atom stereocenters. The second-order valence-corrected chi connectivity index (χ2v) is 3.76. The number of ketones is 1. The van der Waals surface area contributed by atoms with Crippen LogP contribution < -0.4 is 11.1 Å². The summed E-state index contributed by atoms with van der Waals surface area (Å²) in [6.45, 7) is 8.80. The molecule has 0 saturated carbocycles. The second kappa shape index (κ2) is 11.7. The van der Waals surface area contributed by atoms with E-state index in [1.165, 1.54) is 0 Å². The van der Waals surface area contributed by atoms with E-state index < -0.39 is 0 Å². The van der Waals surface area contributed by atoms with Gasteiger partial charge in [-0.25, -0.2) is 0 Å². The Bertz CT molecular complexity index is 155.